The van der Waals surface area contributed by atoms with Crippen LogP contribution in [0.25, 0.3) is 0 Å². The zero-order chi connectivity index (χ0) is 14.6. The number of aliphatic hydroxyl groups is 1. The van der Waals surface area contributed by atoms with Gasteiger partial charge in [-0.2, -0.15) is 0 Å². The van der Waals surface area contributed by atoms with E-state index < -0.39 is 27.9 Å². The van der Waals surface area contributed by atoms with Crippen molar-refractivity contribution in [3.05, 3.63) is 16.5 Å². The van der Waals surface area contributed by atoms with Crippen LogP contribution in [-0.4, -0.2) is 37.2 Å². The van der Waals surface area contributed by atoms with Gasteiger partial charge in [-0.05, 0) is 22.4 Å². The first kappa shape index (κ1) is 16.2. The zero-order valence-electron chi connectivity index (χ0n) is 10.1. The molecule has 0 aliphatic rings. The summed E-state index contributed by atoms with van der Waals surface area (Å²) in [4.78, 5) is 10.4. The standard InChI is InChI=1S/C10H14BrNO6S/c1-2-3-6(13)5-12-19(16,17)8-4-7(10(14)15)18-9(8)11/h4,6,12-13H,2-3,5H2,1H3,(H,14,15). The van der Waals surface area contributed by atoms with Crippen LogP contribution in [0.5, 0.6) is 0 Å². The first-order valence-electron chi connectivity index (χ1n) is 5.48. The number of furan rings is 1. The van der Waals surface area contributed by atoms with E-state index in [1.165, 1.54) is 0 Å². The van der Waals surface area contributed by atoms with Gasteiger partial charge >= 0.3 is 5.97 Å². The average molecular weight is 356 g/mol. The van der Waals surface area contributed by atoms with Crippen molar-refractivity contribution in [2.24, 2.45) is 0 Å². The number of sulfonamides is 1. The third kappa shape index (κ3) is 4.30. The van der Waals surface area contributed by atoms with Crippen LogP contribution >= 0.6 is 15.9 Å². The summed E-state index contributed by atoms with van der Waals surface area (Å²) < 4.78 is 30.5. The summed E-state index contributed by atoms with van der Waals surface area (Å²) in [6.45, 7) is 1.72. The van der Waals surface area contributed by atoms with E-state index in [4.69, 9.17) is 9.52 Å². The molecule has 1 aromatic heterocycles. The molecule has 0 fully saturated rings. The molecule has 7 nitrogen and oxygen atoms in total. The van der Waals surface area contributed by atoms with Crippen LogP contribution in [0.15, 0.2) is 20.0 Å². The van der Waals surface area contributed by atoms with Gasteiger partial charge in [0.25, 0.3) is 0 Å². The summed E-state index contributed by atoms with van der Waals surface area (Å²) in [5, 5.41) is 18.2. The minimum Gasteiger partial charge on any atom is -0.475 e. The number of rotatable bonds is 7. The molecule has 0 aliphatic heterocycles. The van der Waals surface area contributed by atoms with E-state index in [-0.39, 0.29) is 16.1 Å². The lowest BCUT2D eigenvalue weighted by Crippen LogP contribution is -2.32. The Morgan fingerprint density at radius 3 is 2.68 bits per heavy atom. The van der Waals surface area contributed by atoms with Gasteiger partial charge in [-0.3, -0.25) is 0 Å². The number of halogens is 1. The Hall–Kier alpha value is -0.900. The lowest BCUT2D eigenvalue weighted by molar-refractivity contribution is 0.0661. The van der Waals surface area contributed by atoms with Gasteiger partial charge in [-0.1, -0.05) is 13.3 Å². The van der Waals surface area contributed by atoms with E-state index in [0.717, 1.165) is 12.5 Å². The molecular weight excluding hydrogens is 342 g/mol. The highest BCUT2D eigenvalue weighted by Gasteiger charge is 2.25. The minimum absolute atomic E-state index is 0.143. The van der Waals surface area contributed by atoms with Gasteiger partial charge in [-0.25, -0.2) is 17.9 Å². The molecule has 0 bridgehead atoms. The fraction of sp³-hybridized carbons (Fsp3) is 0.500. The Bertz CT molecular complexity index is 552. The molecule has 1 unspecified atom stereocenters. The van der Waals surface area contributed by atoms with E-state index in [1.807, 2.05) is 6.92 Å². The topological polar surface area (TPSA) is 117 Å². The fourth-order valence-electron chi connectivity index (χ4n) is 1.36. The molecular formula is C10H14BrNO6S. The highest BCUT2D eigenvalue weighted by atomic mass is 79.9. The normalized spacial score (nSPS) is 13.4. The number of hydrogen-bond donors (Lipinski definition) is 3. The molecule has 0 aromatic carbocycles. The summed E-state index contributed by atoms with van der Waals surface area (Å²) in [7, 11) is -3.93. The molecule has 9 heteroatoms. The average Bonchev–Trinajstić information content (AvgIpc) is 2.70. The summed E-state index contributed by atoms with van der Waals surface area (Å²) in [6.07, 6.45) is 0.404. The Balaban J connectivity index is 2.86. The molecule has 3 N–H and O–H groups in total. The summed E-state index contributed by atoms with van der Waals surface area (Å²) in [5.74, 6) is -1.85. The van der Waals surface area contributed by atoms with E-state index in [2.05, 4.69) is 20.7 Å². The van der Waals surface area contributed by atoms with E-state index in [1.54, 1.807) is 0 Å². The number of aromatic carboxylic acids is 1. The molecule has 19 heavy (non-hydrogen) atoms. The monoisotopic (exact) mass is 355 g/mol. The van der Waals surface area contributed by atoms with Crippen LogP contribution in [0.2, 0.25) is 0 Å². The molecule has 0 radical (unpaired) electrons. The number of hydrogen-bond acceptors (Lipinski definition) is 5. The van der Waals surface area contributed by atoms with Crippen molar-refractivity contribution in [2.75, 3.05) is 6.54 Å². The molecule has 1 rings (SSSR count). The van der Waals surface area contributed by atoms with Gasteiger partial charge < -0.3 is 14.6 Å². The summed E-state index contributed by atoms with van der Waals surface area (Å²) in [5.41, 5.74) is 0. The molecule has 1 aromatic rings. The van der Waals surface area contributed by atoms with Crippen molar-refractivity contribution in [1.82, 2.24) is 4.72 Å². The van der Waals surface area contributed by atoms with Crippen LogP contribution in [0.3, 0.4) is 0 Å². The van der Waals surface area contributed by atoms with Crippen LogP contribution < -0.4 is 4.72 Å². The number of carbonyl (C=O) groups is 1. The first-order valence-corrected chi connectivity index (χ1v) is 7.76. The van der Waals surface area contributed by atoms with E-state index in [0.29, 0.717) is 6.42 Å². The van der Waals surface area contributed by atoms with Crippen LogP contribution in [0, 0.1) is 0 Å². The Morgan fingerprint density at radius 1 is 1.58 bits per heavy atom. The van der Waals surface area contributed by atoms with Gasteiger partial charge in [0.2, 0.25) is 15.8 Å². The van der Waals surface area contributed by atoms with Crippen LogP contribution in [0.4, 0.5) is 0 Å². The smallest absolute Gasteiger partial charge is 0.371 e. The largest absolute Gasteiger partial charge is 0.475 e. The molecule has 0 aliphatic carbocycles. The number of nitrogens with one attached hydrogen (secondary N) is 1. The second-order valence-electron chi connectivity index (χ2n) is 3.85. The van der Waals surface area contributed by atoms with Gasteiger partial charge in [0.15, 0.2) is 4.67 Å². The maximum absolute atomic E-state index is 11.9. The minimum atomic E-state index is -3.93. The van der Waals surface area contributed by atoms with Crippen LogP contribution in [0.1, 0.15) is 30.3 Å². The van der Waals surface area contributed by atoms with Crippen molar-refractivity contribution in [1.29, 1.82) is 0 Å². The maximum atomic E-state index is 11.9. The number of carboxylic acids is 1. The second-order valence-corrected chi connectivity index (χ2v) is 6.30. The van der Waals surface area contributed by atoms with Crippen LogP contribution in [-0.2, 0) is 10.0 Å². The highest BCUT2D eigenvalue weighted by Crippen LogP contribution is 2.26. The van der Waals surface area contributed by atoms with E-state index >= 15 is 0 Å². The quantitative estimate of drug-likeness (QED) is 0.675. The maximum Gasteiger partial charge on any atom is 0.371 e. The lowest BCUT2D eigenvalue weighted by atomic mass is 10.2. The Morgan fingerprint density at radius 2 is 2.21 bits per heavy atom. The molecule has 0 saturated heterocycles. The van der Waals surface area contributed by atoms with Gasteiger partial charge in [-0.15, -0.1) is 0 Å². The molecule has 1 atom stereocenters. The van der Waals surface area contributed by atoms with Gasteiger partial charge in [0.1, 0.15) is 4.90 Å². The summed E-state index contributed by atoms with van der Waals surface area (Å²) >= 11 is 2.85. The lowest BCUT2D eigenvalue weighted by Gasteiger charge is -2.10. The third-order valence-electron chi connectivity index (χ3n) is 2.29. The second kappa shape index (κ2) is 6.51. The van der Waals surface area contributed by atoms with E-state index in [9.17, 15) is 18.3 Å². The highest BCUT2D eigenvalue weighted by molar-refractivity contribution is 9.10. The fourth-order valence-corrected chi connectivity index (χ4v) is 3.37. The predicted octanol–water partition coefficient (Wildman–Crippen LogP) is 1.18. The van der Waals surface area contributed by atoms with Crippen molar-refractivity contribution in [3.8, 4) is 0 Å². The molecule has 0 saturated carbocycles. The number of aliphatic hydroxyl groups excluding tert-OH is 1. The summed E-state index contributed by atoms with van der Waals surface area (Å²) in [6, 6.07) is 0.904. The van der Waals surface area contributed by atoms with Gasteiger partial charge in [0.05, 0.1) is 6.10 Å². The Labute approximate surface area is 118 Å². The Kier molecular flexibility index (Phi) is 5.53. The zero-order valence-corrected chi connectivity index (χ0v) is 12.5. The number of carboxylic acid groups (broad SMARTS) is 1. The van der Waals surface area contributed by atoms with Crippen molar-refractivity contribution in [3.63, 3.8) is 0 Å². The van der Waals surface area contributed by atoms with Gasteiger partial charge in [0, 0.05) is 12.6 Å². The van der Waals surface area contributed by atoms with Crippen molar-refractivity contribution < 1.29 is 27.8 Å². The third-order valence-corrected chi connectivity index (χ3v) is 4.57. The van der Waals surface area contributed by atoms with Crippen molar-refractivity contribution >= 4 is 31.9 Å². The molecule has 1 heterocycles. The molecule has 0 amide bonds. The SMILES string of the molecule is CCCC(O)CNS(=O)(=O)c1cc(C(=O)O)oc1Br. The van der Waals surface area contributed by atoms with Crippen molar-refractivity contribution in [2.45, 2.75) is 30.8 Å². The first-order chi connectivity index (χ1) is 8.77. The molecule has 108 valence electrons. The predicted molar refractivity (Wildman–Crippen MR) is 69.5 cm³/mol. The molecule has 0 spiro atoms.